The van der Waals surface area contributed by atoms with Gasteiger partial charge in [-0.25, -0.2) is 4.98 Å². The van der Waals surface area contributed by atoms with E-state index in [1.807, 2.05) is 17.6 Å². The normalized spacial score (nSPS) is 20.8. The van der Waals surface area contributed by atoms with E-state index in [2.05, 4.69) is 22.2 Å². The van der Waals surface area contributed by atoms with E-state index in [1.54, 1.807) is 11.3 Å². The second-order valence-corrected chi connectivity index (χ2v) is 6.57. The van der Waals surface area contributed by atoms with Gasteiger partial charge in [-0.05, 0) is 44.5 Å². The highest BCUT2D eigenvalue weighted by atomic mass is 35.5. The van der Waals surface area contributed by atoms with E-state index in [0.29, 0.717) is 5.92 Å². The van der Waals surface area contributed by atoms with Crippen molar-refractivity contribution < 1.29 is 0 Å². The number of nitrogens with zero attached hydrogens (tertiary/aromatic N) is 2. The van der Waals surface area contributed by atoms with Gasteiger partial charge in [-0.1, -0.05) is 11.6 Å². The predicted molar refractivity (Wildman–Crippen MR) is 83.3 cm³/mol. The molecule has 1 aromatic heterocycles. The Morgan fingerprint density at radius 1 is 1.53 bits per heavy atom. The summed E-state index contributed by atoms with van der Waals surface area (Å²) < 4.78 is 1.19. The Bertz CT molecular complexity index is 569. The largest absolute Gasteiger partial charge is 0.382 e. The number of benzene rings is 1. The molecule has 1 atom stereocenters. The molecule has 1 unspecified atom stereocenters. The molecule has 1 aliphatic rings. The molecule has 0 spiro atoms. The van der Waals surface area contributed by atoms with Crippen molar-refractivity contribution in [3.05, 3.63) is 22.7 Å². The summed E-state index contributed by atoms with van der Waals surface area (Å²) in [5.41, 5.74) is 3.87. The summed E-state index contributed by atoms with van der Waals surface area (Å²) in [5.74, 6) is 0.698. The topological polar surface area (TPSA) is 28.2 Å². The number of hydrogen-bond acceptors (Lipinski definition) is 4. The van der Waals surface area contributed by atoms with Gasteiger partial charge in [-0.15, -0.1) is 11.3 Å². The van der Waals surface area contributed by atoms with E-state index in [-0.39, 0.29) is 0 Å². The SMILES string of the molecule is CN1CCCC(CNc2c(Cl)ccc3scnc23)C1. The number of thiazole rings is 1. The maximum Gasteiger partial charge on any atom is 0.106 e. The highest BCUT2D eigenvalue weighted by Gasteiger charge is 2.18. The van der Waals surface area contributed by atoms with Gasteiger partial charge in [0.2, 0.25) is 0 Å². The third kappa shape index (κ3) is 2.86. The molecule has 0 bridgehead atoms. The summed E-state index contributed by atoms with van der Waals surface area (Å²) in [7, 11) is 2.19. The molecule has 3 nitrogen and oxygen atoms in total. The molecule has 19 heavy (non-hydrogen) atoms. The van der Waals surface area contributed by atoms with Gasteiger partial charge < -0.3 is 10.2 Å². The number of aromatic nitrogens is 1. The second kappa shape index (κ2) is 5.65. The van der Waals surface area contributed by atoms with Crippen molar-refractivity contribution >= 4 is 38.8 Å². The van der Waals surface area contributed by atoms with Crippen molar-refractivity contribution in [2.45, 2.75) is 12.8 Å². The molecule has 2 aromatic rings. The van der Waals surface area contributed by atoms with Gasteiger partial charge in [0.05, 0.1) is 20.9 Å². The zero-order valence-electron chi connectivity index (χ0n) is 11.0. The van der Waals surface area contributed by atoms with Crippen LogP contribution in [0.2, 0.25) is 5.02 Å². The van der Waals surface area contributed by atoms with Crippen LogP contribution < -0.4 is 5.32 Å². The summed E-state index contributed by atoms with van der Waals surface area (Å²) >= 11 is 7.95. The predicted octanol–water partition coefficient (Wildman–Crippen LogP) is 3.70. The lowest BCUT2D eigenvalue weighted by Gasteiger charge is -2.30. The molecule has 1 aliphatic heterocycles. The Morgan fingerprint density at radius 2 is 2.42 bits per heavy atom. The van der Waals surface area contributed by atoms with Crippen molar-refractivity contribution in [1.82, 2.24) is 9.88 Å². The van der Waals surface area contributed by atoms with E-state index >= 15 is 0 Å². The lowest BCUT2D eigenvalue weighted by molar-refractivity contribution is 0.217. The van der Waals surface area contributed by atoms with Gasteiger partial charge in [-0.2, -0.15) is 0 Å². The maximum absolute atomic E-state index is 6.30. The summed E-state index contributed by atoms with van der Waals surface area (Å²) in [5, 5.41) is 4.28. The summed E-state index contributed by atoms with van der Waals surface area (Å²) in [6.07, 6.45) is 2.58. The number of nitrogens with one attached hydrogen (secondary N) is 1. The van der Waals surface area contributed by atoms with Crippen LogP contribution in [0.15, 0.2) is 17.6 Å². The molecule has 0 radical (unpaired) electrons. The number of anilines is 1. The van der Waals surface area contributed by atoms with Crippen LogP contribution in [-0.4, -0.2) is 36.6 Å². The number of hydrogen-bond donors (Lipinski definition) is 1. The van der Waals surface area contributed by atoms with Crippen LogP contribution in [0.5, 0.6) is 0 Å². The van der Waals surface area contributed by atoms with Crippen molar-refractivity contribution in [1.29, 1.82) is 0 Å². The molecule has 102 valence electrons. The maximum atomic E-state index is 6.30. The van der Waals surface area contributed by atoms with Gasteiger partial charge in [0, 0.05) is 13.1 Å². The number of halogens is 1. The monoisotopic (exact) mass is 295 g/mol. The molecule has 5 heteroatoms. The van der Waals surface area contributed by atoms with E-state index in [4.69, 9.17) is 11.6 Å². The first-order valence-corrected chi connectivity index (χ1v) is 7.94. The Morgan fingerprint density at radius 3 is 3.26 bits per heavy atom. The highest BCUT2D eigenvalue weighted by Crippen LogP contribution is 2.32. The summed E-state index contributed by atoms with van der Waals surface area (Å²) in [4.78, 5) is 6.82. The van der Waals surface area contributed by atoms with Crippen LogP contribution in [0.25, 0.3) is 10.2 Å². The van der Waals surface area contributed by atoms with Gasteiger partial charge in [-0.3, -0.25) is 0 Å². The van der Waals surface area contributed by atoms with Crippen LogP contribution in [0.3, 0.4) is 0 Å². The number of fused-ring (bicyclic) bond motifs is 1. The Kier molecular flexibility index (Phi) is 3.91. The second-order valence-electron chi connectivity index (χ2n) is 5.27. The van der Waals surface area contributed by atoms with Crippen molar-refractivity contribution in [2.24, 2.45) is 5.92 Å². The summed E-state index contributed by atoms with van der Waals surface area (Å²) in [6.45, 7) is 3.36. The highest BCUT2D eigenvalue weighted by molar-refractivity contribution is 7.16. The first kappa shape index (κ1) is 13.2. The Hall–Kier alpha value is -0.840. The lowest BCUT2D eigenvalue weighted by Crippen LogP contribution is -2.35. The van der Waals surface area contributed by atoms with Crippen LogP contribution in [-0.2, 0) is 0 Å². The fraction of sp³-hybridized carbons (Fsp3) is 0.500. The first-order valence-electron chi connectivity index (χ1n) is 6.68. The molecule has 0 amide bonds. The van der Waals surface area contributed by atoms with E-state index < -0.39 is 0 Å². The molecular formula is C14H18ClN3S. The fourth-order valence-corrected chi connectivity index (χ4v) is 3.66. The van der Waals surface area contributed by atoms with Gasteiger partial charge in [0.15, 0.2) is 0 Å². The van der Waals surface area contributed by atoms with Crippen LogP contribution in [0.4, 0.5) is 5.69 Å². The van der Waals surface area contributed by atoms with Crippen LogP contribution in [0, 0.1) is 5.92 Å². The van der Waals surface area contributed by atoms with Crippen molar-refractivity contribution in [3.8, 4) is 0 Å². The molecule has 1 saturated heterocycles. The zero-order valence-corrected chi connectivity index (χ0v) is 12.6. The summed E-state index contributed by atoms with van der Waals surface area (Å²) in [6, 6.07) is 3.99. The van der Waals surface area contributed by atoms with Crippen molar-refractivity contribution in [2.75, 3.05) is 32.0 Å². The fourth-order valence-electron chi connectivity index (χ4n) is 2.76. The zero-order chi connectivity index (χ0) is 13.2. The molecule has 1 aromatic carbocycles. The molecule has 2 heterocycles. The standard InChI is InChI=1S/C14H18ClN3S/c1-18-6-2-3-10(8-18)7-16-13-11(15)4-5-12-14(13)17-9-19-12/h4-5,9-10,16H,2-3,6-8H2,1H3. The minimum atomic E-state index is 0.698. The number of rotatable bonds is 3. The average Bonchev–Trinajstić information content (AvgIpc) is 2.86. The third-order valence-electron chi connectivity index (χ3n) is 3.74. The Labute approximate surface area is 122 Å². The molecule has 3 rings (SSSR count). The minimum Gasteiger partial charge on any atom is -0.382 e. The van der Waals surface area contributed by atoms with E-state index in [1.165, 1.54) is 24.1 Å². The molecule has 1 N–H and O–H groups in total. The van der Waals surface area contributed by atoms with Gasteiger partial charge in [0.25, 0.3) is 0 Å². The van der Waals surface area contributed by atoms with E-state index in [9.17, 15) is 0 Å². The quantitative estimate of drug-likeness (QED) is 0.936. The molecule has 0 aliphatic carbocycles. The molecule has 0 saturated carbocycles. The first-order chi connectivity index (χ1) is 9.24. The smallest absolute Gasteiger partial charge is 0.106 e. The minimum absolute atomic E-state index is 0.698. The molecular weight excluding hydrogens is 278 g/mol. The number of piperidine rings is 1. The molecule has 1 fully saturated rings. The van der Waals surface area contributed by atoms with Gasteiger partial charge in [0.1, 0.15) is 5.52 Å². The third-order valence-corrected chi connectivity index (χ3v) is 4.85. The lowest BCUT2D eigenvalue weighted by atomic mass is 9.98. The average molecular weight is 296 g/mol. The van der Waals surface area contributed by atoms with Crippen LogP contribution in [0.1, 0.15) is 12.8 Å². The Balaban J connectivity index is 1.74. The van der Waals surface area contributed by atoms with Gasteiger partial charge >= 0.3 is 0 Å². The number of likely N-dealkylation sites (tertiary alicyclic amines) is 1. The van der Waals surface area contributed by atoms with E-state index in [0.717, 1.165) is 29.3 Å². The van der Waals surface area contributed by atoms with Crippen molar-refractivity contribution in [3.63, 3.8) is 0 Å². The van der Waals surface area contributed by atoms with Crippen LogP contribution >= 0.6 is 22.9 Å².